The van der Waals surface area contributed by atoms with Gasteiger partial charge in [0.15, 0.2) is 0 Å². The van der Waals surface area contributed by atoms with E-state index in [4.69, 9.17) is 5.73 Å². The van der Waals surface area contributed by atoms with Gasteiger partial charge in [0.1, 0.15) is 12.1 Å². The van der Waals surface area contributed by atoms with Gasteiger partial charge in [-0.2, -0.15) is 0 Å². The summed E-state index contributed by atoms with van der Waals surface area (Å²) < 4.78 is 0. The minimum absolute atomic E-state index is 0.0561. The second kappa shape index (κ2) is 8.99. The van der Waals surface area contributed by atoms with Crippen LogP contribution in [-0.2, 0) is 6.54 Å². The lowest BCUT2D eigenvalue weighted by Crippen LogP contribution is -2.22. The maximum Gasteiger partial charge on any atom is 0.253 e. The molecule has 0 saturated heterocycles. The fourth-order valence-electron chi connectivity index (χ4n) is 2.86. The molecular formula is C21H23N7O2. The molecule has 3 aromatic rings. The Bertz CT molecular complexity index is 1070. The Morgan fingerprint density at radius 2 is 1.80 bits per heavy atom. The van der Waals surface area contributed by atoms with Crippen molar-refractivity contribution in [2.24, 2.45) is 5.73 Å². The van der Waals surface area contributed by atoms with E-state index >= 15 is 0 Å². The highest BCUT2D eigenvalue weighted by atomic mass is 16.2. The second-order valence-electron chi connectivity index (χ2n) is 6.93. The van der Waals surface area contributed by atoms with E-state index in [1.54, 1.807) is 38.6 Å². The predicted octanol–water partition coefficient (Wildman–Crippen LogP) is 2.34. The fourth-order valence-corrected chi connectivity index (χ4v) is 2.86. The van der Waals surface area contributed by atoms with Crippen molar-refractivity contribution >= 4 is 29.0 Å². The van der Waals surface area contributed by atoms with Gasteiger partial charge < -0.3 is 21.3 Å². The third kappa shape index (κ3) is 4.88. The predicted molar refractivity (Wildman–Crippen MR) is 115 cm³/mol. The number of carbonyl (C=O) groups excluding carboxylic acids is 2. The van der Waals surface area contributed by atoms with Crippen LogP contribution in [-0.4, -0.2) is 45.8 Å². The number of primary amides is 1. The van der Waals surface area contributed by atoms with E-state index in [9.17, 15) is 9.59 Å². The zero-order valence-corrected chi connectivity index (χ0v) is 17.0. The van der Waals surface area contributed by atoms with Gasteiger partial charge in [-0.05, 0) is 30.7 Å². The Labute approximate surface area is 174 Å². The highest BCUT2D eigenvalue weighted by Gasteiger charge is 2.13. The lowest BCUT2D eigenvalue weighted by atomic mass is 10.1. The summed E-state index contributed by atoms with van der Waals surface area (Å²) in [6.45, 7) is 2.30. The molecule has 4 N–H and O–H groups in total. The van der Waals surface area contributed by atoms with E-state index in [1.807, 2.05) is 19.1 Å². The van der Waals surface area contributed by atoms with Crippen molar-refractivity contribution in [2.75, 3.05) is 24.7 Å². The molecule has 0 spiro atoms. The van der Waals surface area contributed by atoms with Crippen molar-refractivity contribution in [3.05, 3.63) is 71.4 Å². The number of aromatic nitrogens is 3. The van der Waals surface area contributed by atoms with Gasteiger partial charge >= 0.3 is 0 Å². The summed E-state index contributed by atoms with van der Waals surface area (Å²) in [4.78, 5) is 37.7. The highest BCUT2D eigenvalue weighted by Crippen LogP contribution is 2.24. The number of rotatable bonds is 7. The van der Waals surface area contributed by atoms with E-state index in [0.29, 0.717) is 23.6 Å². The van der Waals surface area contributed by atoms with Gasteiger partial charge in [0.05, 0.1) is 11.3 Å². The molecule has 0 atom stereocenters. The number of aryl methyl sites for hydroxylation is 1. The Hall–Kier alpha value is -4.01. The third-order valence-electron chi connectivity index (χ3n) is 4.40. The molecule has 154 valence electrons. The summed E-state index contributed by atoms with van der Waals surface area (Å²) in [7, 11) is 3.43. The average Bonchev–Trinajstić information content (AvgIpc) is 2.72. The molecule has 0 fully saturated rings. The molecule has 0 bridgehead atoms. The molecule has 0 aliphatic rings. The minimum Gasteiger partial charge on any atom is -0.380 e. The summed E-state index contributed by atoms with van der Waals surface area (Å²) >= 11 is 0. The Kier molecular flexibility index (Phi) is 6.21. The Balaban J connectivity index is 1.82. The van der Waals surface area contributed by atoms with Gasteiger partial charge in [-0.15, -0.1) is 0 Å². The van der Waals surface area contributed by atoms with Crippen LogP contribution < -0.4 is 16.4 Å². The standard InChI is InChI=1S/C21H23N7O2/c1-13-6-15(4-5-16(13)21(30)28(2)3)27-19-7-18(17(11-26-19)20(22)29)25-10-14-8-23-12-24-9-14/h4-9,11-12H,10H2,1-3H3,(H2,22,29)(H2,25,26,27). The summed E-state index contributed by atoms with van der Waals surface area (Å²) in [5.41, 5.74) is 9.40. The first kappa shape index (κ1) is 20.7. The lowest BCUT2D eigenvalue weighted by molar-refractivity contribution is 0.0826. The zero-order valence-electron chi connectivity index (χ0n) is 17.0. The molecule has 1 aromatic carbocycles. The topological polar surface area (TPSA) is 126 Å². The molecule has 0 radical (unpaired) electrons. The Morgan fingerprint density at radius 3 is 2.43 bits per heavy atom. The van der Waals surface area contributed by atoms with Crippen LogP contribution in [0, 0.1) is 6.92 Å². The molecule has 9 nitrogen and oxygen atoms in total. The number of benzene rings is 1. The van der Waals surface area contributed by atoms with Gasteiger partial charge in [0, 0.05) is 62.1 Å². The van der Waals surface area contributed by atoms with Gasteiger partial charge in [0.25, 0.3) is 11.8 Å². The smallest absolute Gasteiger partial charge is 0.253 e. The van der Waals surface area contributed by atoms with E-state index in [2.05, 4.69) is 25.6 Å². The van der Waals surface area contributed by atoms with Crippen LogP contribution in [0.4, 0.5) is 17.2 Å². The van der Waals surface area contributed by atoms with Crippen LogP contribution in [0.2, 0.25) is 0 Å². The number of amides is 2. The first-order chi connectivity index (χ1) is 14.3. The van der Waals surface area contributed by atoms with Crippen molar-refractivity contribution < 1.29 is 9.59 Å². The molecule has 30 heavy (non-hydrogen) atoms. The number of nitrogens with two attached hydrogens (primary N) is 1. The van der Waals surface area contributed by atoms with Crippen LogP contribution in [0.1, 0.15) is 31.8 Å². The summed E-state index contributed by atoms with van der Waals surface area (Å²) in [6.07, 6.45) is 6.24. The maximum atomic E-state index is 12.2. The molecular weight excluding hydrogens is 382 g/mol. The SMILES string of the molecule is Cc1cc(Nc2cc(NCc3cncnc3)c(C(N)=O)cn2)ccc1C(=O)N(C)C. The second-order valence-corrected chi connectivity index (χ2v) is 6.93. The van der Waals surface area contributed by atoms with Crippen LogP contribution in [0.5, 0.6) is 0 Å². The molecule has 9 heteroatoms. The fraction of sp³-hybridized carbons (Fsp3) is 0.190. The number of carbonyl (C=O) groups is 2. The van der Waals surface area contributed by atoms with Crippen LogP contribution in [0.3, 0.4) is 0 Å². The van der Waals surface area contributed by atoms with Crippen LogP contribution in [0.15, 0.2) is 49.2 Å². The summed E-state index contributed by atoms with van der Waals surface area (Å²) in [5.74, 6) is -0.111. The van der Waals surface area contributed by atoms with Gasteiger partial charge in [0.2, 0.25) is 0 Å². The van der Waals surface area contributed by atoms with Crippen LogP contribution in [0.25, 0.3) is 0 Å². The van der Waals surface area contributed by atoms with Gasteiger partial charge in [-0.25, -0.2) is 15.0 Å². The molecule has 0 aliphatic heterocycles. The highest BCUT2D eigenvalue weighted by molar-refractivity contribution is 5.99. The van der Waals surface area contributed by atoms with Gasteiger partial charge in [-0.3, -0.25) is 9.59 Å². The summed E-state index contributed by atoms with van der Waals surface area (Å²) in [6, 6.07) is 7.15. The van der Waals surface area contributed by atoms with E-state index in [-0.39, 0.29) is 11.5 Å². The van der Waals surface area contributed by atoms with Crippen LogP contribution >= 0.6 is 0 Å². The van der Waals surface area contributed by atoms with Crippen molar-refractivity contribution in [1.82, 2.24) is 19.9 Å². The van der Waals surface area contributed by atoms with Gasteiger partial charge in [-0.1, -0.05) is 0 Å². The van der Waals surface area contributed by atoms with E-state index in [0.717, 1.165) is 16.8 Å². The molecule has 3 rings (SSSR count). The molecule has 2 amide bonds. The first-order valence-corrected chi connectivity index (χ1v) is 9.22. The molecule has 2 aromatic heterocycles. The molecule has 0 unspecified atom stereocenters. The monoisotopic (exact) mass is 405 g/mol. The molecule has 2 heterocycles. The first-order valence-electron chi connectivity index (χ1n) is 9.22. The van der Waals surface area contributed by atoms with E-state index in [1.165, 1.54) is 17.4 Å². The minimum atomic E-state index is -0.580. The number of pyridine rings is 1. The largest absolute Gasteiger partial charge is 0.380 e. The maximum absolute atomic E-state index is 12.2. The lowest BCUT2D eigenvalue weighted by Gasteiger charge is -2.15. The van der Waals surface area contributed by atoms with Crippen molar-refractivity contribution in [2.45, 2.75) is 13.5 Å². The number of hydrogen-bond donors (Lipinski definition) is 3. The number of anilines is 3. The molecule has 0 aliphatic carbocycles. The van der Waals surface area contributed by atoms with Crippen molar-refractivity contribution in [3.63, 3.8) is 0 Å². The Morgan fingerprint density at radius 1 is 1.07 bits per heavy atom. The average molecular weight is 405 g/mol. The third-order valence-corrected chi connectivity index (χ3v) is 4.40. The zero-order chi connectivity index (χ0) is 21.7. The number of nitrogens with one attached hydrogen (secondary N) is 2. The summed E-state index contributed by atoms with van der Waals surface area (Å²) in [5, 5.41) is 6.37. The number of nitrogens with zero attached hydrogens (tertiary/aromatic N) is 4. The van der Waals surface area contributed by atoms with E-state index < -0.39 is 5.91 Å². The number of hydrogen-bond acceptors (Lipinski definition) is 7. The normalized spacial score (nSPS) is 10.4. The quantitative estimate of drug-likeness (QED) is 0.551. The van der Waals surface area contributed by atoms with Crippen molar-refractivity contribution in [1.29, 1.82) is 0 Å². The van der Waals surface area contributed by atoms with Crippen molar-refractivity contribution in [3.8, 4) is 0 Å². The molecule has 0 saturated carbocycles.